The maximum atomic E-state index is 15.6. The summed E-state index contributed by atoms with van der Waals surface area (Å²) in [4.78, 5) is 127. The third-order valence-corrected chi connectivity index (χ3v) is 15.3. The van der Waals surface area contributed by atoms with Gasteiger partial charge in [0.05, 0.1) is 63.5 Å². The van der Waals surface area contributed by atoms with Gasteiger partial charge >= 0.3 is 0 Å². The second-order valence-corrected chi connectivity index (χ2v) is 20.3. The molecule has 2 aromatic carbocycles. The zero-order chi connectivity index (χ0) is 54.2. The first-order chi connectivity index (χ1) is 35.2. The fourth-order valence-electron chi connectivity index (χ4n) is 9.34. The van der Waals surface area contributed by atoms with Gasteiger partial charge in [-0.05, 0) is 29.2 Å². The molecule has 0 spiro atoms. The zero-order valence-electron chi connectivity index (χ0n) is 41.4. The smallest absolute Gasteiger partial charge is 0.248 e. The van der Waals surface area contributed by atoms with Crippen LogP contribution in [0.25, 0.3) is 10.9 Å². The first-order valence-corrected chi connectivity index (χ1v) is 25.4. The largest absolute Gasteiger partial charge is 0.610 e. The molecule has 6 rings (SSSR count). The van der Waals surface area contributed by atoms with Crippen LogP contribution < -0.4 is 53.4 Å². The Kier molecular flexibility index (Phi) is 18.8. The summed E-state index contributed by atoms with van der Waals surface area (Å²) in [6, 6.07) is 3.40. The molecule has 26 heteroatoms. The third-order valence-electron chi connectivity index (χ3n) is 13.7. The molecule has 74 heavy (non-hydrogen) atoms. The second-order valence-electron chi connectivity index (χ2n) is 18.8. The standard InChI is InChI=1S/C48H65N11O14S/c1-5-24(2)40-44(69)52-17-38(65)53-34-22-74(72)47-31(30-11-10-29(73-4)12-35(30)58(47)19-27-8-6-26(16-49)7-9-27)13-32(42(67)51-18-39(66)56-40)54-45(70)41(25(3)36(63)21-60)57-48(23-61)15-28(62)20-59(48)46(71)33(14-37(50)64)55-43(34)68/h6-12,23-25,28,32-34,36,40-41,57,60,62-63H,5,13-22,49H2,1-4H3,(H2,50,64)(H,51,67)(H,52,69)(H,53,65)(H,54,70)(H,55,68)(H,56,66)/t24-,25-,28+,32?,33-,34?,36-,40-,41-,48-,74+/m0/s1. The summed E-state index contributed by atoms with van der Waals surface area (Å²) in [6.07, 6.45) is -4.63. The Labute approximate surface area is 428 Å². The molecule has 3 aliphatic heterocycles. The van der Waals surface area contributed by atoms with Crippen molar-refractivity contribution in [3.05, 3.63) is 59.2 Å². The first-order valence-electron chi connectivity index (χ1n) is 24.1. The molecular formula is C48H65N11O14S. The van der Waals surface area contributed by atoms with Crippen molar-refractivity contribution in [3.8, 4) is 5.75 Å². The van der Waals surface area contributed by atoms with Gasteiger partial charge in [-0.25, -0.2) is 0 Å². The van der Waals surface area contributed by atoms with Crippen molar-refractivity contribution in [2.24, 2.45) is 23.3 Å². The number of nitrogens with zero attached hydrogens (tertiary/aromatic N) is 2. The van der Waals surface area contributed by atoms with Crippen LogP contribution in [0, 0.1) is 11.8 Å². The Hall–Kier alpha value is -6.68. The Morgan fingerprint density at radius 3 is 2.20 bits per heavy atom. The fraction of sp³-hybridized carbons (Fsp3) is 0.521. The van der Waals surface area contributed by atoms with Crippen molar-refractivity contribution < 1.29 is 67.8 Å². The number of hydrogen-bond donors (Lipinski definition) is 12. The van der Waals surface area contributed by atoms with Crippen LogP contribution in [0.2, 0.25) is 0 Å². The average Bonchev–Trinajstić information content (AvgIpc) is 3.88. The van der Waals surface area contributed by atoms with E-state index in [9.17, 15) is 53.7 Å². The number of benzene rings is 2. The summed E-state index contributed by atoms with van der Waals surface area (Å²) >= 11 is -2.44. The van der Waals surface area contributed by atoms with Crippen LogP contribution in [0.4, 0.5) is 0 Å². The number of primary amides is 1. The summed E-state index contributed by atoms with van der Waals surface area (Å²) < 4.78 is 22.8. The highest BCUT2D eigenvalue weighted by Crippen LogP contribution is 2.36. The number of rotatable bonds is 12. The topological polar surface area (TPSA) is 391 Å². The number of ether oxygens (including phenoxy) is 1. The third kappa shape index (κ3) is 12.8. The predicted octanol–water partition coefficient (Wildman–Crippen LogP) is -4.64. The molecule has 1 fully saturated rings. The summed E-state index contributed by atoms with van der Waals surface area (Å²) in [7, 11) is 1.42. The molecular weight excluding hydrogens is 987 g/mol. The Balaban J connectivity index is 1.66. The minimum absolute atomic E-state index is 0.0151. The number of fused-ring (bicyclic) bond motifs is 5. The lowest BCUT2D eigenvalue weighted by Gasteiger charge is -2.40. The monoisotopic (exact) mass is 1050 g/mol. The number of carbonyl (C=O) groups excluding carboxylic acids is 9. The molecule has 2 bridgehead atoms. The highest BCUT2D eigenvalue weighted by Gasteiger charge is 2.53. The van der Waals surface area contributed by atoms with Crippen LogP contribution in [-0.4, -0.2) is 170 Å². The van der Waals surface area contributed by atoms with Gasteiger partial charge in [-0.15, -0.1) is 0 Å². The van der Waals surface area contributed by atoms with Gasteiger partial charge in [-0.3, -0.25) is 53.0 Å². The van der Waals surface area contributed by atoms with Crippen LogP contribution in [-0.2, 0) is 73.8 Å². The number of methoxy groups -OCH3 is 1. The molecule has 1 aromatic heterocycles. The quantitative estimate of drug-likeness (QED) is 0.0600. The second kappa shape index (κ2) is 24.6. The van der Waals surface area contributed by atoms with Crippen LogP contribution in [0.1, 0.15) is 56.7 Å². The Morgan fingerprint density at radius 1 is 0.919 bits per heavy atom. The van der Waals surface area contributed by atoms with Gasteiger partial charge in [0.1, 0.15) is 29.6 Å². The van der Waals surface area contributed by atoms with Gasteiger partial charge in [0.15, 0.2) is 18.0 Å². The molecule has 25 nitrogen and oxygen atoms in total. The summed E-state index contributed by atoms with van der Waals surface area (Å²) in [5.74, 6) is -10.6. The van der Waals surface area contributed by atoms with Crippen molar-refractivity contribution in [1.82, 2.24) is 46.7 Å². The molecule has 1 saturated heterocycles. The SMILES string of the molecule is CC[C@H](C)[C@@H]1NC(=O)CNC(=O)C2Cc3c(n(Cc4ccc(CN)cc4)c4cc(OC)ccc34)[S@+]([O-])CC(NC(=O)CNC1=O)C(=O)N[C@@H](CC(N)=O)C(=O)N1C[C@H](O)C[C@]1(C=O)N[C@@H]([C@@H](C)[C@@H](O)CO)C(=O)N2. The van der Waals surface area contributed by atoms with Gasteiger partial charge in [0, 0.05) is 60.0 Å². The normalized spacial score (nSPS) is 27.1. The van der Waals surface area contributed by atoms with Gasteiger partial charge in [0.2, 0.25) is 52.3 Å². The zero-order valence-corrected chi connectivity index (χ0v) is 42.2. The van der Waals surface area contributed by atoms with Crippen molar-refractivity contribution in [1.29, 1.82) is 0 Å². The summed E-state index contributed by atoms with van der Waals surface area (Å²) in [5.41, 5.74) is 11.2. The maximum Gasteiger partial charge on any atom is 0.248 e. The van der Waals surface area contributed by atoms with Crippen LogP contribution in [0.3, 0.4) is 0 Å². The van der Waals surface area contributed by atoms with E-state index >= 15 is 9.35 Å². The molecule has 8 amide bonds. The molecule has 3 aliphatic rings. The summed E-state index contributed by atoms with van der Waals surface area (Å²) in [5, 5.41) is 50.5. The van der Waals surface area contributed by atoms with E-state index < -0.39 is 170 Å². The number of aliphatic hydroxyl groups excluding tert-OH is 3. The number of amides is 8. The molecule has 402 valence electrons. The lowest BCUT2D eigenvalue weighted by Crippen LogP contribution is -2.69. The van der Waals surface area contributed by atoms with E-state index in [1.165, 1.54) is 14.0 Å². The number of nitrogens with two attached hydrogens (primary N) is 2. The highest BCUT2D eigenvalue weighted by molar-refractivity contribution is 7.91. The summed E-state index contributed by atoms with van der Waals surface area (Å²) in [6.45, 7) is 1.86. The number of nitrogens with one attached hydrogen (secondary N) is 7. The predicted molar refractivity (Wildman–Crippen MR) is 264 cm³/mol. The Bertz CT molecular complexity index is 2620. The van der Waals surface area contributed by atoms with Crippen molar-refractivity contribution >= 4 is 75.6 Å². The molecule has 0 saturated carbocycles. The van der Waals surface area contributed by atoms with Gasteiger partial charge in [-0.2, -0.15) is 0 Å². The molecule has 0 radical (unpaired) electrons. The molecule has 0 aliphatic carbocycles. The lowest BCUT2D eigenvalue weighted by molar-refractivity contribution is -0.147. The number of aromatic nitrogens is 1. The minimum atomic E-state index is -2.44. The first kappa shape index (κ1) is 56.6. The van der Waals surface area contributed by atoms with Crippen LogP contribution in [0.15, 0.2) is 47.5 Å². The molecule has 11 atom stereocenters. The fourth-order valence-corrected chi connectivity index (χ4v) is 10.9. The number of aliphatic hydroxyl groups is 3. The Morgan fingerprint density at radius 2 is 1.58 bits per heavy atom. The van der Waals surface area contributed by atoms with E-state index in [2.05, 4.69) is 37.2 Å². The van der Waals surface area contributed by atoms with Crippen LogP contribution >= 0.6 is 0 Å². The van der Waals surface area contributed by atoms with Gasteiger partial charge in [0.25, 0.3) is 0 Å². The number of hydrogen-bond acceptors (Lipinski definition) is 16. The van der Waals surface area contributed by atoms with E-state index in [-0.39, 0.29) is 30.0 Å². The van der Waals surface area contributed by atoms with Crippen molar-refractivity contribution in [2.45, 2.75) is 113 Å². The molecule has 4 heterocycles. The van der Waals surface area contributed by atoms with E-state index in [1.807, 2.05) is 0 Å². The van der Waals surface area contributed by atoms with E-state index in [0.29, 0.717) is 28.6 Å². The average molecular weight is 1050 g/mol. The van der Waals surface area contributed by atoms with Crippen molar-refractivity contribution in [2.75, 3.05) is 39.1 Å². The van der Waals surface area contributed by atoms with Crippen LogP contribution in [0.5, 0.6) is 5.75 Å². The van der Waals surface area contributed by atoms with E-state index in [0.717, 1.165) is 10.5 Å². The minimum Gasteiger partial charge on any atom is -0.610 e. The lowest BCUT2D eigenvalue weighted by atomic mass is 9.92. The number of carbonyl (C=O) groups is 9. The molecule has 2 unspecified atom stereocenters. The molecule has 3 aromatic rings. The van der Waals surface area contributed by atoms with Gasteiger partial charge in [-0.1, -0.05) is 51.5 Å². The van der Waals surface area contributed by atoms with Crippen molar-refractivity contribution in [3.63, 3.8) is 0 Å². The molecule has 14 N–H and O–H groups in total. The van der Waals surface area contributed by atoms with E-state index in [1.54, 1.807) is 60.9 Å². The highest BCUT2D eigenvalue weighted by atomic mass is 32.2. The maximum absolute atomic E-state index is 15.6. The van der Waals surface area contributed by atoms with Gasteiger partial charge < -0.3 is 72.9 Å². The number of aldehydes is 1. The van der Waals surface area contributed by atoms with E-state index in [4.69, 9.17) is 16.2 Å².